The van der Waals surface area contributed by atoms with Crippen LogP contribution in [0, 0.1) is 11.3 Å². The molecule has 1 heterocycles. The second kappa shape index (κ2) is 6.19. The summed E-state index contributed by atoms with van der Waals surface area (Å²) in [6.45, 7) is 3.50. The molecule has 1 unspecified atom stereocenters. The maximum Gasteiger partial charge on any atom is 0.0866 e. The van der Waals surface area contributed by atoms with Crippen molar-refractivity contribution < 1.29 is 0 Å². The van der Waals surface area contributed by atoms with Crippen LogP contribution in [-0.2, 0) is 6.54 Å². The minimum atomic E-state index is 0.493. The van der Waals surface area contributed by atoms with E-state index >= 15 is 0 Å². The van der Waals surface area contributed by atoms with Crippen LogP contribution < -0.4 is 0 Å². The molecule has 4 heteroatoms. The van der Waals surface area contributed by atoms with Crippen LogP contribution in [0.5, 0.6) is 0 Å². The van der Waals surface area contributed by atoms with Crippen LogP contribution in [0.15, 0.2) is 24.3 Å². The van der Waals surface area contributed by atoms with E-state index in [1.165, 1.54) is 5.56 Å². The van der Waals surface area contributed by atoms with E-state index in [1.807, 2.05) is 25.2 Å². The predicted molar refractivity (Wildman–Crippen MR) is 73.4 cm³/mol. The highest BCUT2D eigenvalue weighted by Crippen LogP contribution is 2.21. The lowest BCUT2D eigenvalue weighted by molar-refractivity contribution is 0.249. The third kappa shape index (κ3) is 3.23. The van der Waals surface area contributed by atoms with Crippen LogP contribution in [0.25, 0.3) is 0 Å². The second-order valence-corrected chi connectivity index (χ2v) is 5.25. The average Bonchev–Trinajstić information content (AvgIpc) is 2.81. The number of rotatable bonds is 4. The topological polar surface area (TPSA) is 30.3 Å². The molecule has 1 saturated heterocycles. The van der Waals surface area contributed by atoms with Crippen molar-refractivity contribution in [2.45, 2.75) is 19.0 Å². The van der Waals surface area contributed by atoms with Gasteiger partial charge in [-0.05, 0) is 25.1 Å². The lowest BCUT2D eigenvalue weighted by Gasteiger charge is -2.22. The van der Waals surface area contributed by atoms with E-state index in [9.17, 15) is 0 Å². The molecule has 18 heavy (non-hydrogen) atoms. The standard InChI is InChI=1S/C14H18ClN3/c1-17(9-7-16)13-6-8-18(11-13)10-12-4-2-3-5-14(12)15/h2-5,13H,6,8-11H2,1H3. The molecule has 0 aromatic heterocycles. The molecule has 1 atom stereocenters. The van der Waals surface area contributed by atoms with Crippen molar-refractivity contribution in [1.82, 2.24) is 9.80 Å². The van der Waals surface area contributed by atoms with Gasteiger partial charge in [-0.1, -0.05) is 29.8 Å². The number of benzene rings is 1. The fraction of sp³-hybridized carbons (Fsp3) is 0.500. The molecule has 0 aliphatic carbocycles. The fourth-order valence-electron chi connectivity index (χ4n) is 2.42. The third-order valence-electron chi connectivity index (χ3n) is 3.54. The van der Waals surface area contributed by atoms with E-state index < -0.39 is 0 Å². The first-order chi connectivity index (χ1) is 8.70. The smallest absolute Gasteiger partial charge is 0.0866 e. The highest BCUT2D eigenvalue weighted by molar-refractivity contribution is 6.31. The Bertz CT molecular complexity index is 441. The minimum absolute atomic E-state index is 0.493. The fourth-order valence-corrected chi connectivity index (χ4v) is 2.62. The Kier molecular flexibility index (Phi) is 4.60. The summed E-state index contributed by atoms with van der Waals surface area (Å²) in [5.41, 5.74) is 1.18. The minimum Gasteiger partial charge on any atom is -0.297 e. The van der Waals surface area contributed by atoms with E-state index in [0.717, 1.165) is 31.1 Å². The van der Waals surface area contributed by atoms with Gasteiger partial charge in [-0.25, -0.2) is 0 Å². The van der Waals surface area contributed by atoms with E-state index in [-0.39, 0.29) is 0 Å². The molecule has 0 saturated carbocycles. The zero-order valence-electron chi connectivity index (χ0n) is 10.6. The van der Waals surface area contributed by atoms with Gasteiger partial charge < -0.3 is 0 Å². The predicted octanol–water partition coefficient (Wildman–Crippen LogP) is 2.37. The van der Waals surface area contributed by atoms with Crippen molar-refractivity contribution in [2.24, 2.45) is 0 Å². The molecule has 0 N–H and O–H groups in total. The molecule has 0 radical (unpaired) electrons. The number of likely N-dealkylation sites (tertiary alicyclic amines) is 1. The van der Waals surface area contributed by atoms with Gasteiger partial charge in [0, 0.05) is 30.7 Å². The summed E-state index contributed by atoms with van der Waals surface area (Å²) in [4.78, 5) is 4.53. The first-order valence-corrected chi connectivity index (χ1v) is 6.61. The zero-order chi connectivity index (χ0) is 13.0. The van der Waals surface area contributed by atoms with Gasteiger partial charge in [-0.2, -0.15) is 5.26 Å². The van der Waals surface area contributed by atoms with E-state index in [1.54, 1.807) is 0 Å². The normalized spacial score (nSPS) is 20.2. The summed E-state index contributed by atoms with van der Waals surface area (Å²) >= 11 is 6.17. The Balaban J connectivity index is 1.90. The van der Waals surface area contributed by atoms with Crippen LogP contribution >= 0.6 is 11.6 Å². The monoisotopic (exact) mass is 263 g/mol. The largest absolute Gasteiger partial charge is 0.297 e. The Morgan fingerprint density at radius 1 is 1.50 bits per heavy atom. The SMILES string of the molecule is CN(CC#N)C1CCN(Cc2ccccc2Cl)C1. The Morgan fingerprint density at radius 2 is 2.28 bits per heavy atom. The van der Waals surface area contributed by atoms with E-state index in [2.05, 4.69) is 21.9 Å². The molecule has 0 amide bonds. The van der Waals surface area contributed by atoms with E-state index in [0.29, 0.717) is 12.6 Å². The molecule has 3 nitrogen and oxygen atoms in total. The Labute approximate surface area is 114 Å². The summed E-state index contributed by atoms with van der Waals surface area (Å²) in [6, 6.07) is 10.7. The zero-order valence-corrected chi connectivity index (χ0v) is 11.4. The number of hydrogen-bond acceptors (Lipinski definition) is 3. The third-order valence-corrected chi connectivity index (χ3v) is 3.91. The molecular formula is C14H18ClN3. The summed E-state index contributed by atoms with van der Waals surface area (Å²) in [7, 11) is 2.02. The highest BCUT2D eigenvalue weighted by atomic mass is 35.5. The molecule has 1 aromatic carbocycles. The lowest BCUT2D eigenvalue weighted by atomic mass is 10.2. The molecule has 96 valence electrons. The molecule has 0 spiro atoms. The molecule has 1 fully saturated rings. The number of nitrogens with zero attached hydrogens (tertiary/aromatic N) is 3. The number of nitriles is 1. The van der Waals surface area contributed by atoms with Gasteiger partial charge in [-0.3, -0.25) is 9.80 Å². The molecular weight excluding hydrogens is 246 g/mol. The Morgan fingerprint density at radius 3 is 3.00 bits per heavy atom. The van der Waals surface area contributed by atoms with Crippen molar-refractivity contribution in [3.05, 3.63) is 34.9 Å². The molecule has 1 aliphatic heterocycles. The van der Waals surface area contributed by atoms with Gasteiger partial charge in [0.1, 0.15) is 0 Å². The quantitative estimate of drug-likeness (QED) is 0.782. The lowest BCUT2D eigenvalue weighted by Crippen LogP contribution is -2.34. The maximum atomic E-state index is 8.71. The number of hydrogen-bond donors (Lipinski definition) is 0. The van der Waals surface area contributed by atoms with E-state index in [4.69, 9.17) is 16.9 Å². The van der Waals surface area contributed by atoms with Crippen LogP contribution in [0.1, 0.15) is 12.0 Å². The van der Waals surface area contributed by atoms with Gasteiger partial charge >= 0.3 is 0 Å². The van der Waals surface area contributed by atoms with Crippen LogP contribution in [0.3, 0.4) is 0 Å². The number of likely N-dealkylation sites (N-methyl/N-ethyl adjacent to an activating group) is 1. The van der Waals surface area contributed by atoms with Gasteiger partial charge in [0.15, 0.2) is 0 Å². The molecule has 2 rings (SSSR count). The van der Waals surface area contributed by atoms with Gasteiger partial charge in [0.25, 0.3) is 0 Å². The van der Waals surface area contributed by atoms with Crippen LogP contribution in [0.4, 0.5) is 0 Å². The average molecular weight is 264 g/mol. The first-order valence-electron chi connectivity index (χ1n) is 6.23. The number of halogens is 1. The molecule has 1 aromatic rings. The molecule has 1 aliphatic rings. The maximum absolute atomic E-state index is 8.71. The second-order valence-electron chi connectivity index (χ2n) is 4.84. The van der Waals surface area contributed by atoms with Crippen molar-refractivity contribution in [3.63, 3.8) is 0 Å². The van der Waals surface area contributed by atoms with Gasteiger partial charge in [-0.15, -0.1) is 0 Å². The summed E-state index contributed by atoms with van der Waals surface area (Å²) in [6.07, 6.45) is 1.13. The van der Waals surface area contributed by atoms with Crippen molar-refractivity contribution in [3.8, 4) is 6.07 Å². The first kappa shape index (κ1) is 13.4. The van der Waals surface area contributed by atoms with Gasteiger partial charge in [0.05, 0.1) is 12.6 Å². The summed E-state index contributed by atoms with van der Waals surface area (Å²) < 4.78 is 0. The van der Waals surface area contributed by atoms with Crippen LogP contribution in [0.2, 0.25) is 5.02 Å². The van der Waals surface area contributed by atoms with Crippen molar-refractivity contribution in [2.75, 3.05) is 26.7 Å². The summed E-state index contributed by atoms with van der Waals surface area (Å²) in [5, 5.41) is 9.55. The van der Waals surface area contributed by atoms with Crippen molar-refractivity contribution in [1.29, 1.82) is 5.26 Å². The highest BCUT2D eigenvalue weighted by Gasteiger charge is 2.25. The van der Waals surface area contributed by atoms with Gasteiger partial charge in [0.2, 0.25) is 0 Å². The van der Waals surface area contributed by atoms with Crippen LogP contribution in [-0.4, -0.2) is 42.5 Å². The Hall–Kier alpha value is -1.08. The summed E-state index contributed by atoms with van der Waals surface area (Å²) in [5.74, 6) is 0. The van der Waals surface area contributed by atoms with Crippen molar-refractivity contribution >= 4 is 11.6 Å². The molecule has 0 bridgehead atoms.